The molecule has 0 unspecified atom stereocenters. The summed E-state index contributed by atoms with van der Waals surface area (Å²) in [4.78, 5) is 21.7. The van der Waals surface area contributed by atoms with E-state index in [4.69, 9.17) is 4.42 Å². The molecule has 0 aliphatic rings. The first-order chi connectivity index (χ1) is 10.8. The van der Waals surface area contributed by atoms with Crippen LogP contribution in [-0.2, 0) is 19.4 Å². The number of carbonyl (C=O) groups is 2. The molecular formula is C13H12LiN3O6S. The number of carboxylic acids is 1. The van der Waals surface area contributed by atoms with Gasteiger partial charge in [-0.2, -0.15) is 0 Å². The molecule has 1 aromatic heterocycles. The van der Waals surface area contributed by atoms with Crippen molar-refractivity contribution in [3.63, 3.8) is 0 Å². The first-order valence-electron chi connectivity index (χ1n) is 6.39. The Kier molecular flexibility index (Phi) is 6.71. The molecular weight excluding hydrogens is 333 g/mol. The molecule has 1 heterocycles. The van der Waals surface area contributed by atoms with Crippen molar-refractivity contribution >= 4 is 27.4 Å². The number of nitrogens with one attached hydrogen (secondary N) is 1. The number of carboxylic acid groups (broad SMARTS) is 1. The number of aromatic nitrogens is 2. The standard InChI is InChI=1S/C13H13N3O6S.Li/c1-23(20,21)13-16-15-12(22-13)8-2-4-9(5-3-8)14-10(17)6-7-11(18)19;/h2-5H,6-7H2,1H3,(H,14,17)(H,18,19);/q;+1/p-1. The first-order valence-corrected chi connectivity index (χ1v) is 8.28. The third-order valence-electron chi connectivity index (χ3n) is 2.70. The zero-order valence-corrected chi connectivity index (χ0v) is 13.8. The summed E-state index contributed by atoms with van der Waals surface area (Å²) in [6.45, 7) is 0. The molecule has 9 nitrogen and oxygen atoms in total. The van der Waals surface area contributed by atoms with Gasteiger partial charge in [0.2, 0.25) is 21.6 Å². The van der Waals surface area contributed by atoms with E-state index in [1.165, 1.54) is 12.1 Å². The minimum absolute atomic E-state index is 0. The number of amides is 1. The second-order valence-corrected chi connectivity index (χ2v) is 6.54. The molecule has 24 heavy (non-hydrogen) atoms. The van der Waals surface area contributed by atoms with Crippen LogP contribution in [0, 0.1) is 0 Å². The van der Waals surface area contributed by atoms with Gasteiger partial charge in [-0.15, -0.1) is 5.10 Å². The summed E-state index contributed by atoms with van der Waals surface area (Å²) in [5.41, 5.74) is 0.917. The Morgan fingerprint density at radius 2 is 1.79 bits per heavy atom. The summed E-state index contributed by atoms with van der Waals surface area (Å²) in [6.07, 6.45) is 0.404. The van der Waals surface area contributed by atoms with Gasteiger partial charge in [-0.05, 0) is 30.7 Å². The van der Waals surface area contributed by atoms with Crippen LogP contribution < -0.4 is 29.3 Å². The summed E-state index contributed by atoms with van der Waals surface area (Å²) >= 11 is 0. The number of rotatable bonds is 6. The van der Waals surface area contributed by atoms with Crippen molar-refractivity contribution < 1.29 is 46.4 Å². The van der Waals surface area contributed by atoms with E-state index in [9.17, 15) is 23.1 Å². The van der Waals surface area contributed by atoms with Crippen LogP contribution in [0.5, 0.6) is 0 Å². The van der Waals surface area contributed by atoms with Gasteiger partial charge in [-0.3, -0.25) is 4.79 Å². The largest absolute Gasteiger partial charge is 1.00 e. The quantitative estimate of drug-likeness (QED) is 0.534. The van der Waals surface area contributed by atoms with E-state index in [0.29, 0.717) is 11.3 Å². The van der Waals surface area contributed by atoms with Gasteiger partial charge in [0.15, 0.2) is 0 Å². The maximum absolute atomic E-state index is 11.5. The fourth-order valence-corrected chi connectivity index (χ4v) is 2.03. The number of benzene rings is 1. The van der Waals surface area contributed by atoms with Crippen molar-refractivity contribution in [1.82, 2.24) is 10.2 Å². The first kappa shape index (κ1) is 19.9. The van der Waals surface area contributed by atoms with Crippen molar-refractivity contribution in [2.45, 2.75) is 18.1 Å². The molecule has 2 rings (SSSR count). The van der Waals surface area contributed by atoms with Gasteiger partial charge in [0.25, 0.3) is 0 Å². The van der Waals surface area contributed by atoms with Gasteiger partial charge in [-0.1, -0.05) is 5.10 Å². The summed E-state index contributed by atoms with van der Waals surface area (Å²) in [7, 11) is -3.58. The topological polar surface area (TPSA) is 142 Å². The summed E-state index contributed by atoms with van der Waals surface area (Å²) in [6, 6.07) is 6.18. The van der Waals surface area contributed by atoms with E-state index in [0.717, 1.165) is 6.26 Å². The Labute approximate surface area is 149 Å². The van der Waals surface area contributed by atoms with E-state index in [2.05, 4.69) is 15.5 Å². The van der Waals surface area contributed by atoms with Crippen LogP contribution >= 0.6 is 0 Å². The minimum atomic E-state index is -3.58. The molecule has 0 aliphatic heterocycles. The van der Waals surface area contributed by atoms with Crippen LogP contribution in [0.4, 0.5) is 5.69 Å². The third-order valence-corrected chi connectivity index (χ3v) is 3.49. The summed E-state index contributed by atoms with van der Waals surface area (Å²) < 4.78 is 27.6. The molecule has 2 aromatic rings. The predicted molar refractivity (Wildman–Crippen MR) is 75.7 cm³/mol. The van der Waals surface area contributed by atoms with Gasteiger partial charge in [0.1, 0.15) is 0 Å². The molecule has 0 spiro atoms. The van der Waals surface area contributed by atoms with E-state index in [1.807, 2.05) is 0 Å². The second kappa shape index (κ2) is 8.10. The number of hydrogen-bond donors (Lipinski definition) is 1. The smallest absolute Gasteiger partial charge is 0.550 e. The van der Waals surface area contributed by atoms with E-state index in [-0.39, 0.29) is 37.6 Å². The average Bonchev–Trinajstić information content (AvgIpc) is 2.96. The van der Waals surface area contributed by atoms with Crippen molar-refractivity contribution in [1.29, 1.82) is 0 Å². The Bertz CT molecular complexity index is 832. The van der Waals surface area contributed by atoms with Gasteiger partial charge in [0.05, 0.1) is 0 Å². The second-order valence-electron chi connectivity index (χ2n) is 4.64. The zero-order chi connectivity index (χ0) is 17.0. The van der Waals surface area contributed by atoms with Gasteiger partial charge < -0.3 is 19.6 Å². The maximum atomic E-state index is 11.5. The number of sulfone groups is 1. The van der Waals surface area contributed by atoms with Crippen LogP contribution in [0.25, 0.3) is 11.5 Å². The van der Waals surface area contributed by atoms with Crippen molar-refractivity contribution in [3.8, 4) is 11.5 Å². The van der Waals surface area contributed by atoms with E-state index < -0.39 is 26.9 Å². The molecule has 0 saturated carbocycles. The third kappa shape index (κ3) is 5.49. The molecule has 0 fully saturated rings. The van der Waals surface area contributed by atoms with Gasteiger partial charge >= 0.3 is 24.1 Å². The van der Waals surface area contributed by atoms with Crippen LogP contribution in [-0.4, -0.2) is 36.7 Å². The SMILES string of the molecule is CS(=O)(=O)c1nnc(-c2ccc(NC(=O)CCC(=O)[O-])cc2)o1.[Li+]. The van der Waals surface area contributed by atoms with Crippen molar-refractivity contribution in [3.05, 3.63) is 24.3 Å². The zero-order valence-electron chi connectivity index (χ0n) is 13.0. The van der Waals surface area contributed by atoms with Gasteiger partial charge in [0, 0.05) is 29.9 Å². The molecule has 0 radical (unpaired) electrons. The number of nitrogens with zero attached hydrogens (tertiary/aromatic N) is 2. The Morgan fingerprint density at radius 1 is 1.17 bits per heavy atom. The van der Waals surface area contributed by atoms with E-state index in [1.54, 1.807) is 12.1 Å². The number of aliphatic carboxylic acids is 1. The van der Waals surface area contributed by atoms with E-state index >= 15 is 0 Å². The predicted octanol–water partition coefficient (Wildman–Crippen LogP) is -3.39. The van der Waals surface area contributed by atoms with Crippen molar-refractivity contribution in [2.75, 3.05) is 11.6 Å². The van der Waals surface area contributed by atoms with Crippen LogP contribution in [0.2, 0.25) is 0 Å². The maximum Gasteiger partial charge on any atom is 1.00 e. The molecule has 122 valence electrons. The number of anilines is 1. The fourth-order valence-electron chi connectivity index (χ4n) is 1.61. The molecule has 1 amide bonds. The molecule has 1 aromatic carbocycles. The van der Waals surface area contributed by atoms with Crippen LogP contribution in [0.15, 0.2) is 33.9 Å². The molecule has 0 atom stereocenters. The molecule has 0 aliphatic carbocycles. The average molecular weight is 345 g/mol. The molecule has 0 saturated heterocycles. The van der Waals surface area contributed by atoms with Gasteiger partial charge in [-0.25, -0.2) is 8.42 Å². The summed E-state index contributed by atoms with van der Waals surface area (Å²) in [5, 5.41) is 19.4. The fraction of sp³-hybridized carbons (Fsp3) is 0.231. The Balaban J connectivity index is 0.00000288. The molecule has 1 N–H and O–H groups in total. The monoisotopic (exact) mass is 345 g/mol. The van der Waals surface area contributed by atoms with Crippen molar-refractivity contribution in [2.24, 2.45) is 0 Å². The number of carbonyl (C=O) groups excluding carboxylic acids is 2. The van der Waals surface area contributed by atoms with Crippen LogP contribution in [0.1, 0.15) is 12.8 Å². The number of hydrogen-bond acceptors (Lipinski definition) is 8. The Morgan fingerprint density at radius 3 is 2.29 bits per heavy atom. The normalized spacial score (nSPS) is 10.7. The molecule has 11 heteroatoms. The molecule has 0 bridgehead atoms. The summed E-state index contributed by atoms with van der Waals surface area (Å²) in [5.74, 6) is -1.73. The van der Waals surface area contributed by atoms with Crippen LogP contribution in [0.3, 0.4) is 0 Å². The minimum Gasteiger partial charge on any atom is -0.550 e. The Hall–Kier alpha value is -2.15.